The SMILES string of the molecule is Cc1c(Oc2cccc3ccccc23)ccc2c1OC(N1CCOCC1)=CC2. The fraction of sp³-hybridized carbons (Fsp3) is 0.250. The van der Waals surface area contributed by atoms with Crippen LogP contribution in [-0.2, 0) is 11.2 Å². The van der Waals surface area contributed by atoms with Crippen LogP contribution in [0.15, 0.2) is 66.6 Å². The van der Waals surface area contributed by atoms with Gasteiger partial charge in [-0.3, -0.25) is 0 Å². The summed E-state index contributed by atoms with van der Waals surface area (Å²) in [5.74, 6) is 3.54. The van der Waals surface area contributed by atoms with Crippen LogP contribution >= 0.6 is 0 Å². The van der Waals surface area contributed by atoms with E-state index in [9.17, 15) is 0 Å². The monoisotopic (exact) mass is 373 g/mol. The highest BCUT2D eigenvalue weighted by Gasteiger charge is 2.23. The van der Waals surface area contributed by atoms with E-state index in [-0.39, 0.29) is 0 Å². The second kappa shape index (κ2) is 7.21. The molecule has 0 atom stereocenters. The molecule has 0 unspecified atom stereocenters. The first-order valence-corrected chi connectivity index (χ1v) is 9.78. The summed E-state index contributed by atoms with van der Waals surface area (Å²) in [6.07, 6.45) is 3.04. The molecule has 0 bridgehead atoms. The Morgan fingerprint density at radius 1 is 0.893 bits per heavy atom. The van der Waals surface area contributed by atoms with Crippen LogP contribution in [0.1, 0.15) is 11.1 Å². The number of rotatable bonds is 3. The van der Waals surface area contributed by atoms with Crippen LogP contribution < -0.4 is 9.47 Å². The van der Waals surface area contributed by atoms with Gasteiger partial charge in [0.25, 0.3) is 0 Å². The molecule has 1 fully saturated rings. The summed E-state index contributed by atoms with van der Waals surface area (Å²) >= 11 is 0. The maximum Gasteiger partial charge on any atom is 0.192 e. The molecule has 142 valence electrons. The molecule has 0 radical (unpaired) electrons. The zero-order chi connectivity index (χ0) is 18.9. The van der Waals surface area contributed by atoms with E-state index in [1.807, 2.05) is 30.3 Å². The van der Waals surface area contributed by atoms with Crippen LogP contribution in [0.5, 0.6) is 17.2 Å². The average molecular weight is 373 g/mol. The number of fused-ring (bicyclic) bond motifs is 2. The van der Waals surface area contributed by atoms with E-state index in [2.05, 4.69) is 42.2 Å². The molecule has 2 heterocycles. The topological polar surface area (TPSA) is 30.9 Å². The summed E-state index contributed by atoms with van der Waals surface area (Å²) in [6.45, 7) is 5.30. The Labute approximate surface area is 164 Å². The first-order chi connectivity index (χ1) is 13.8. The normalized spacial score (nSPS) is 16.3. The number of nitrogens with zero attached hydrogens (tertiary/aromatic N) is 1. The van der Waals surface area contributed by atoms with Gasteiger partial charge >= 0.3 is 0 Å². The van der Waals surface area contributed by atoms with Crippen molar-refractivity contribution >= 4 is 10.8 Å². The van der Waals surface area contributed by atoms with Crippen LogP contribution in [0.4, 0.5) is 0 Å². The maximum absolute atomic E-state index is 6.34. The summed E-state index contributed by atoms with van der Waals surface area (Å²) in [5.41, 5.74) is 2.23. The van der Waals surface area contributed by atoms with Gasteiger partial charge in [0.05, 0.1) is 13.2 Å². The minimum Gasteiger partial charge on any atom is -0.456 e. The molecule has 28 heavy (non-hydrogen) atoms. The molecule has 4 heteroatoms. The lowest BCUT2D eigenvalue weighted by molar-refractivity contribution is 0.0338. The second-order valence-electron chi connectivity index (χ2n) is 7.20. The lowest BCUT2D eigenvalue weighted by Gasteiger charge is -2.33. The van der Waals surface area contributed by atoms with Crippen molar-refractivity contribution in [2.45, 2.75) is 13.3 Å². The Morgan fingerprint density at radius 3 is 2.61 bits per heavy atom. The van der Waals surface area contributed by atoms with Crippen molar-refractivity contribution in [2.24, 2.45) is 0 Å². The Hall–Kier alpha value is -2.98. The van der Waals surface area contributed by atoms with Crippen molar-refractivity contribution in [2.75, 3.05) is 26.3 Å². The first kappa shape index (κ1) is 17.1. The van der Waals surface area contributed by atoms with Crippen LogP contribution in [0.3, 0.4) is 0 Å². The van der Waals surface area contributed by atoms with Crippen molar-refractivity contribution in [3.63, 3.8) is 0 Å². The van der Waals surface area contributed by atoms with Crippen molar-refractivity contribution < 1.29 is 14.2 Å². The Bertz CT molecular complexity index is 1050. The highest BCUT2D eigenvalue weighted by Crippen LogP contribution is 2.39. The van der Waals surface area contributed by atoms with Gasteiger partial charge in [0.15, 0.2) is 5.88 Å². The van der Waals surface area contributed by atoms with Gasteiger partial charge in [0.1, 0.15) is 17.2 Å². The minimum absolute atomic E-state index is 0.747. The quantitative estimate of drug-likeness (QED) is 0.643. The summed E-state index contributed by atoms with van der Waals surface area (Å²) < 4.78 is 18.1. The molecule has 1 saturated heterocycles. The summed E-state index contributed by atoms with van der Waals surface area (Å²) in [6, 6.07) is 18.6. The van der Waals surface area contributed by atoms with E-state index >= 15 is 0 Å². The van der Waals surface area contributed by atoms with Crippen molar-refractivity contribution in [1.29, 1.82) is 0 Å². The van der Waals surface area contributed by atoms with Crippen LogP contribution in [0.2, 0.25) is 0 Å². The van der Waals surface area contributed by atoms with Crippen LogP contribution in [0, 0.1) is 6.92 Å². The van der Waals surface area contributed by atoms with Gasteiger partial charge in [-0.15, -0.1) is 0 Å². The first-order valence-electron chi connectivity index (χ1n) is 9.78. The predicted molar refractivity (Wildman–Crippen MR) is 110 cm³/mol. The van der Waals surface area contributed by atoms with Crippen molar-refractivity contribution in [3.8, 4) is 17.2 Å². The van der Waals surface area contributed by atoms with Gasteiger partial charge in [-0.1, -0.05) is 42.5 Å². The number of hydrogen-bond donors (Lipinski definition) is 0. The van der Waals surface area contributed by atoms with E-state index in [0.717, 1.165) is 66.8 Å². The number of hydrogen-bond acceptors (Lipinski definition) is 4. The molecule has 3 aromatic rings. The summed E-state index contributed by atoms with van der Waals surface area (Å²) in [7, 11) is 0. The molecule has 0 N–H and O–H groups in total. The van der Waals surface area contributed by atoms with E-state index in [0.29, 0.717) is 0 Å². The third kappa shape index (κ3) is 3.10. The Kier molecular flexibility index (Phi) is 4.41. The molecule has 0 amide bonds. The number of ether oxygens (including phenoxy) is 3. The molecule has 2 aliphatic heterocycles. The zero-order valence-electron chi connectivity index (χ0n) is 16.0. The van der Waals surface area contributed by atoms with Gasteiger partial charge in [-0.05, 0) is 42.5 Å². The molecular formula is C24H23NO3. The Balaban J connectivity index is 1.45. The maximum atomic E-state index is 6.34. The molecule has 0 aromatic heterocycles. The van der Waals surface area contributed by atoms with Gasteiger partial charge < -0.3 is 19.1 Å². The van der Waals surface area contributed by atoms with Crippen molar-refractivity contribution in [3.05, 3.63) is 77.7 Å². The minimum atomic E-state index is 0.747. The fourth-order valence-electron chi connectivity index (χ4n) is 3.87. The number of morpholine rings is 1. The molecule has 2 aliphatic rings. The van der Waals surface area contributed by atoms with E-state index in [4.69, 9.17) is 14.2 Å². The lowest BCUT2D eigenvalue weighted by atomic mass is 10.0. The molecular weight excluding hydrogens is 350 g/mol. The lowest BCUT2D eigenvalue weighted by Crippen LogP contribution is -2.38. The molecule has 3 aromatic carbocycles. The molecule has 0 spiro atoms. The predicted octanol–water partition coefficient (Wildman–Crippen LogP) is 5.05. The highest BCUT2D eigenvalue weighted by molar-refractivity contribution is 5.88. The second-order valence-corrected chi connectivity index (χ2v) is 7.20. The van der Waals surface area contributed by atoms with E-state index in [1.165, 1.54) is 10.9 Å². The van der Waals surface area contributed by atoms with Crippen LogP contribution in [0.25, 0.3) is 10.8 Å². The smallest absolute Gasteiger partial charge is 0.192 e. The zero-order valence-corrected chi connectivity index (χ0v) is 16.0. The largest absolute Gasteiger partial charge is 0.456 e. The van der Waals surface area contributed by atoms with E-state index < -0.39 is 0 Å². The number of allylic oxidation sites excluding steroid dienone is 1. The van der Waals surface area contributed by atoms with Gasteiger partial charge in [0, 0.05) is 24.0 Å². The van der Waals surface area contributed by atoms with E-state index in [1.54, 1.807) is 0 Å². The van der Waals surface area contributed by atoms with Crippen molar-refractivity contribution in [1.82, 2.24) is 4.90 Å². The van der Waals surface area contributed by atoms with Gasteiger partial charge in [0.2, 0.25) is 0 Å². The van der Waals surface area contributed by atoms with Gasteiger partial charge in [-0.25, -0.2) is 0 Å². The Morgan fingerprint density at radius 2 is 1.71 bits per heavy atom. The molecule has 4 nitrogen and oxygen atoms in total. The van der Waals surface area contributed by atoms with Crippen LogP contribution in [-0.4, -0.2) is 31.2 Å². The third-order valence-corrected chi connectivity index (χ3v) is 5.43. The van der Waals surface area contributed by atoms with Gasteiger partial charge in [-0.2, -0.15) is 0 Å². The average Bonchev–Trinajstić information content (AvgIpc) is 2.76. The summed E-state index contributed by atoms with van der Waals surface area (Å²) in [4.78, 5) is 2.25. The summed E-state index contributed by atoms with van der Waals surface area (Å²) in [5, 5.41) is 2.28. The third-order valence-electron chi connectivity index (χ3n) is 5.43. The molecule has 0 saturated carbocycles. The fourth-order valence-corrected chi connectivity index (χ4v) is 3.87. The number of benzene rings is 3. The molecule has 0 aliphatic carbocycles. The standard InChI is InChI=1S/C24H23NO3/c1-17-21(27-22-8-4-6-18-5-2-3-7-20(18)22)11-9-19-10-12-23(28-24(17)19)25-13-15-26-16-14-25/h2-9,11-12H,10,13-16H2,1H3. The molecule has 5 rings (SSSR count). The highest BCUT2D eigenvalue weighted by atomic mass is 16.5.